The minimum Gasteiger partial charge on any atom is -0.483 e. The Balaban J connectivity index is 1.52. The van der Waals surface area contributed by atoms with Gasteiger partial charge in [0.15, 0.2) is 18.2 Å². The predicted molar refractivity (Wildman–Crippen MR) is 160 cm³/mol. The molecular weight excluding hydrogens is 568 g/mol. The first-order valence-electron chi connectivity index (χ1n) is 13.8. The highest BCUT2D eigenvalue weighted by molar-refractivity contribution is 9.10. The summed E-state index contributed by atoms with van der Waals surface area (Å²) in [4.78, 5) is 40.3. The molecule has 0 saturated heterocycles. The number of ether oxygens (including phenoxy) is 1. The lowest BCUT2D eigenvalue weighted by Gasteiger charge is -2.44. The van der Waals surface area contributed by atoms with Crippen LogP contribution in [0.15, 0.2) is 63.4 Å². The number of Topliss-reactive ketones (excluding diaryl/α,β-unsaturated/α-hetero) is 2. The van der Waals surface area contributed by atoms with Gasteiger partial charge in [0.05, 0.1) is 0 Å². The molecule has 3 aliphatic rings. The van der Waals surface area contributed by atoms with Gasteiger partial charge in [0, 0.05) is 57.0 Å². The molecule has 0 fully saturated rings. The van der Waals surface area contributed by atoms with E-state index in [1.807, 2.05) is 44.2 Å². The maximum absolute atomic E-state index is 13.7. The van der Waals surface area contributed by atoms with E-state index in [4.69, 9.17) is 4.74 Å². The first-order valence-corrected chi connectivity index (χ1v) is 14.6. The summed E-state index contributed by atoms with van der Waals surface area (Å²) in [5, 5.41) is 6.45. The van der Waals surface area contributed by atoms with Crippen molar-refractivity contribution in [2.45, 2.75) is 73.1 Å². The van der Waals surface area contributed by atoms with Gasteiger partial charge in [0.25, 0.3) is 5.91 Å². The summed E-state index contributed by atoms with van der Waals surface area (Å²) >= 11 is 3.59. The van der Waals surface area contributed by atoms with E-state index in [1.165, 1.54) is 0 Å². The van der Waals surface area contributed by atoms with Crippen LogP contribution >= 0.6 is 15.9 Å². The van der Waals surface area contributed by atoms with Crippen molar-refractivity contribution >= 4 is 39.1 Å². The third kappa shape index (κ3) is 5.67. The minimum absolute atomic E-state index is 0.0475. The monoisotopic (exact) mass is 604 g/mol. The van der Waals surface area contributed by atoms with Crippen molar-refractivity contribution < 1.29 is 19.1 Å². The summed E-state index contributed by atoms with van der Waals surface area (Å²) in [5.74, 6) is -0.251. The molecule has 2 aromatic rings. The Morgan fingerprint density at radius 1 is 0.900 bits per heavy atom. The number of hydrogen-bond acceptors (Lipinski definition) is 5. The number of allylic oxidation sites excluding steroid dienone is 4. The Hall–Kier alpha value is -3.19. The Labute approximate surface area is 244 Å². The summed E-state index contributed by atoms with van der Waals surface area (Å²) < 4.78 is 6.93. The van der Waals surface area contributed by atoms with Crippen LogP contribution in [0.25, 0.3) is 0 Å². The fourth-order valence-electron chi connectivity index (χ4n) is 6.24. The van der Waals surface area contributed by atoms with Gasteiger partial charge in [-0.1, -0.05) is 49.7 Å². The average Bonchev–Trinajstić information content (AvgIpc) is 2.82. The highest BCUT2D eigenvalue weighted by Gasteiger charge is 2.47. The van der Waals surface area contributed by atoms with Crippen molar-refractivity contribution in [3.05, 3.63) is 80.1 Å². The number of rotatable bonds is 5. The van der Waals surface area contributed by atoms with Crippen molar-refractivity contribution in [3.8, 4) is 5.75 Å². The maximum Gasteiger partial charge on any atom is 0.262 e. The smallest absolute Gasteiger partial charge is 0.262 e. The van der Waals surface area contributed by atoms with Crippen molar-refractivity contribution in [1.29, 1.82) is 0 Å². The van der Waals surface area contributed by atoms with E-state index in [0.717, 1.165) is 45.4 Å². The molecule has 1 aliphatic heterocycles. The summed E-state index contributed by atoms with van der Waals surface area (Å²) in [5.41, 5.74) is 6.40. The number of ketones is 2. The van der Waals surface area contributed by atoms with E-state index < -0.39 is 5.92 Å². The Bertz CT molecular complexity index is 1450. The molecule has 1 amide bonds. The molecule has 210 valence electrons. The number of hydrogen-bond donors (Lipinski definition) is 2. The van der Waals surface area contributed by atoms with E-state index in [-0.39, 0.29) is 34.9 Å². The highest BCUT2D eigenvalue weighted by atomic mass is 79.9. The molecule has 0 unspecified atom stereocenters. The van der Waals surface area contributed by atoms with Gasteiger partial charge in [-0.05, 0) is 79.0 Å². The van der Waals surface area contributed by atoms with Gasteiger partial charge < -0.3 is 15.4 Å². The Morgan fingerprint density at radius 3 is 2.08 bits per heavy atom. The second-order valence-electron chi connectivity index (χ2n) is 13.0. The van der Waals surface area contributed by atoms with Gasteiger partial charge >= 0.3 is 0 Å². The van der Waals surface area contributed by atoms with Gasteiger partial charge in [-0.2, -0.15) is 0 Å². The number of dihydropyridines is 1. The van der Waals surface area contributed by atoms with Crippen LogP contribution in [-0.2, 0) is 14.4 Å². The van der Waals surface area contributed by atoms with Crippen LogP contribution in [0, 0.1) is 24.7 Å². The number of carbonyl (C=O) groups is 3. The van der Waals surface area contributed by atoms with Crippen LogP contribution in [0.4, 0.5) is 5.69 Å². The summed E-state index contributed by atoms with van der Waals surface area (Å²) in [6.07, 6.45) is 2.26. The number of anilines is 1. The van der Waals surface area contributed by atoms with Crippen molar-refractivity contribution in [1.82, 2.24) is 5.32 Å². The average molecular weight is 606 g/mol. The highest BCUT2D eigenvalue weighted by Crippen LogP contribution is 2.52. The van der Waals surface area contributed by atoms with Crippen molar-refractivity contribution in [2.75, 3.05) is 11.9 Å². The standard InChI is InChI=1S/C33H37BrN2O4/c1-18-7-9-21(11-19(18)2)35-28(39)17-40-27-10-8-20(34)12-22(27)29-30-23(13-32(3,4)15-25(30)37)36-24-14-33(5,6)16-26(38)31(24)29/h7-12,29,36H,13-17H2,1-6H3,(H,35,39). The van der Waals surface area contributed by atoms with Gasteiger partial charge in [0.1, 0.15) is 5.75 Å². The maximum atomic E-state index is 13.7. The van der Waals surface area contributed by atoms with Gasteiger partial charge in [-0.25, -0.2) is 0 Å². The number of halogens is 1. The molecule has 0 spiro atoms. The van der Waals surface area contributed by atoms with Gasteiger partial charge in [-0.15, -0.1) is 0 Å². The third-order valence-corrected chi connectivity index (χ3v) is 8.64. The zero-order valence-electron chi connectivity index (χ0n) is 24.1. The van der Waals surface area contributed by atoms with E-state index in [2.05, 4.69) is 54.3 Å². The zero-order valence-corrected chi connectivity index (χ0v) is 25.7. The summed E-state index contributed by atoms with van der Waals surface area (Å²) in [6, 6.07) is 11.3. The van der Waals surface area contributed by atoms with Crippen molar-refractivity contribution in [2.24, 2.45) is 10.8 Å². The molecule has 0 bridgehead atoms. The zero-order chi connectivity index (χ0) is 29.0. The normalized spacial score (nSPS) is 20.1. The lowest BCUT2D eigenvalue weighted by molar-refractivity contribution is -0.120. The molecule has 0 radical (unpaired) electrons. The molecule has 2 aliphatic carbocycles. The number of nitrogens with one attached hydrogen (secondary N) is 2. The molecule has 0 saturated carbocycles. The van der Waals surface area contributed by atoms with Crippen LogP contribution in [0.3, 0.4) is 0 Å². The Morgan fingerprint density at radius 2 is 1.50 bits per heavy atom. The topological polar surface area (TPSA) is 84.5 Å². The predicted octanol–water partition coefficient (Wildman–Crippen LogP) is 7.06. The molecule has 1 heterocycles. The van der Waals surface area contributed by atoms with Crippen LogP contribution in [0.1, 0.15) is 76.0 Å². The molecular formula is C33H37BrN2O4. The number of benzene rings is 2. The van der Waals surface area contributed by atoms with Gasteiger partial charge in [-0.3, -0.25) is 14.4 Å². The molecule has 7 heteroatoms. The van der Waals surface area contributed by atoms with Crippen LogP contribution in [0.2, 0.25) is 0 Å². The number of amides is 1. The van der Waals surface area contributed by atoms with E-state index in [1.54, 1.807) is 6.07 Å². The largest absolute Gasteiger partial charge is 0.483 e. The fraction of sp³-hybridized carbons (Fsp3) is 0.424. The second-order valence-corrected chi connectivity index (χ2v) is 14.0. The van der Waals surface area contributed by atoms with Gasteiger partial charge in [0.2, 0.25) is 0 Å². The number of carbonyl (C=O) groups excluding carboxylic acids is 3. The molecule has 0 atom stereocenters. The lowest BCUT2D eigenvalue weighted by atomic mass is 9.64. The summed E-state index contributed by atoms with van der Waals surface area (Å²) in [7, 11) is 0. The first-order chi connectivity index (χ1) is 18.7. The third-order valence-electron chi connectivity index (χ3n) is 8.15. The van der Waals surface area contributed by atoms with Crippen LogP contribution in [-0.4, -0.2) is 24.1 Å². The van der Waals surface area contributed by atoms with E-state index >= 15 is 0 Å². The SMILES string of the molecule is Cc1ccc(NC(=O)COc2ccc(Br)cc2C2C3=C(CC(C)(C)CC3=O)NC3=C2C(=O)CC(C)(C)C3)cc1C. The quantitative estimate of drug-likeness (QED) is 0.382. The lowest BCUT2D eigenvalue weighted by Crippen LogP contribution is -2.42. The molecule has 5 rings (SSSR count). The fourth-order valence-corrected chi connectivity index (χ4v) is 6.61. The van der Waals surface area contributed by atoms with Crippen molar-refractivity contribution in [3.63, 3.8) is 0 Å². The Kier molecular flexibility index (Phi) is 7.32. The molecule has 2 N–H and O–H groups in total. The molecule has 2 aromatic carbocycles. The first kappa shape index (κ1) is 28.3. The molecule has 0 aromatic heterocycles. The second kappa shape index (κ2) is 10.3. The number of aryl methyl sites for hydroxylation is 2. The summed E-state index contributed by atoms with van der Waals surface area (Å²) in [6.45, 7) is 12.2. The van der Waals surface area contributed by atoms with E-state index in [9.17, 15) is 14.4 Å². The molecule has 6 nitrogen and oxygen atoms in total. The minimum atomic E-state index is -0.547. The molecule has 40 heavy (non-hydrogen) atoms. The van der Waals surface area contributed by atoms with E-state index in [0.29, 0.717) is 35.4 Å². The van der Waals surface area contributed by atoms with Crippen LogP contribution in [0.5, 0.6) is 5.75 Å². The van der Waals surface area contributed by atoms with Crippen LogP contribution < -0.4 is 15.4 Å².